The van der Waals surface area contributed by atoms with Gasteiger partial charge in [-0.25, -0.2) is 9.97 Å². The Morgan fingerprint density at radius 2 is 1.93 bits per heavy atom. The van der Waals surface area contributed by atoms with Crippen molar-refractivity contribution in [3.63, 3.8) is 0 Å². The van der Waals surface area contributed by atoms with Gasteiger partial charge in [0.2, 0.25) is 0 Å². The smallest absolute Gasteiger partial charge is 0.313 e. The fourth-order valence-corrected chi connectivity index (χ4v) is 1.65. The minimum Gasteiger partial charge on any atom is -0.469 e. The van der Waals surface area contributed by atoms with Crippen LogP contribution in [-0.4, -0.2) is 23.0 Å². The third-order valence-corrected chi connectivity index (χ3v) is 2.38. The second-order valence-electron chi connectivity index (χ2n) is 2.61. The summed E-state index contributed by atoms with van der Waals surface area (Å²) in [5.74, 6) is -0.996. The molecule has 6 heteroatoms. The molecular weight excluding hydrogens is 227 g/mol. The Hall–Kier alpha value is -0.870. The Balaban J connectivity index is 3.11. The van der Waals surface area contributed by atoms with E-state index in [0.29, 0.717) is 5.56 Å². The van der Waals surface area contributed by atoms with E-state index in [9.17, 15) is 4.79 Å². The molecule has 0 spiro atoms. The molecule has 1 heterocycles. The summed E-state index contributed by atoms with van der Waals surface area (Å²) in [7, 11) is 1.30. The Bertz CT molecular complexity index is 337. The summed E-state index contributed by atoms with van der Waals surface area (Å²) in [4.78, 5) is 18.7. The Kier molecular flexibility index (Phi) is 3.66. The SMILES string of the molecule is COC(=O)[C@H](C)c1c(Cl)ncnc1Cl. The summed E-state index contributed by atoms with van der Waals surface area (Å²) in [5.41, 5.74) is 0.391. The highest BCUT2D eigenvalue weighted by Crippen LogP contribution is 2.28. The maximum Gasteiger partial charge on any atom is 0.313 e. The second kappa shape index (κ2) is 4.57. The van der Waals surface area contributed by atoms with Crippen molar-refractivity contribution < 1.29 is 9.53 Å². The molecule has 0 aromatic carbocycles. The maximum absolute atomic E-state index is 11.2. The number of halogens is 2. The van der Waals surface area contributed by atoms with Crippen molar-refractivity contribution in [2.45, 2.75) is 12.8 Å². The number of ether oxygens (including phenoxy) is 1. The summed E-state index contributed by atoms with van der Waals surface area (Å²) in [5, 5.41) is 0.339. The van der Waals surface area contributed by atoms with Crippen molar-refractivity contribution in [3.05, 3.63) is 22.2 Å². The van der Waals surface area contributed by atoms with E-state index in [1.807, 2.05) is 0 Å². The first kappa shape index (κ1) is 11.2. The third-order valence-electron chi connectivity index (χ3n) is 1.77. The van der Waals surface area contributed by atoms with Crippen molar-refractivity contribution in [3.8, 4) is 0 Å². The van der Waals surface area contributed by atoms with Crippen LogP contribution in [0.15, 0.2) is 6.33 Å². The van der Waals surface area contributed by atoms with Crippen LogP contribution in [0.5, 0.6) is 0 Å². The van der Waals surface area contributed by atoms with E-state index in [4.69, 9.17) is 23.2 Å². The van der Waals surface area contributed by atoms with E-state index in [1.165, 1.54) is 13.4 Å². The van der Waals surface area contributed by atoms with Gasteiger partial charge in [-0.1, -0.05) is 23.2 Å². The highest BCUT2D eigenvalue weighted by atomic mass is 35.5. The van der Waals surface area contributed by atoms with Gasteiger partial charge in [-0.05, 0) is 6.92 Å². The van der Waals surface area contributed by atoms with Crippen LogP contribution >= 0.6 is 23.2 Å². The Labute approximate surface area is 91.2 Å². The third kappa shape index (κ3) is 2.13. The summed E-state index contributed by atoms with van der Waals surface area (Å²) in [6.07, 6.45) is 1.23. The molecule has 1 aromatic rings. The first-order valence-corrected chi connectivity index (χ1v) is 4.57. The highest BCUT2D eigenvalue weighted by molar-refractivity contribution is 6.34. The van der Waals surface area contributed by atoms with Gasteiger partial charge in [0.15, 0.2) is 0 Å². The predicted molar refractivity (Wildman–Crippen MR) is 52.5 cm³/mol. The molecular formula is C8H8Cl2N2O2. The molecule has 1 atom stereocenters. The van der Waals surface area contributed by atoms with Gasteiger partial charge in [-0.2, -0.15) is 0 Å². The molecule has 0 aliphatic rings. The van der Waals surface area contributed by atoms with Crippen LogP contribution in [0, 0.1) is 0 Å². The number of carbonyl (C=O) groups is 1. The van der Waals surface area contributed by atoms with E-state index in [2.05, 4.69) is 14.7 Å². The molecule has 0 aliphatic heterocycles. The molecule has 1 aromatic heterocycles. The van der Waals surface area contributed by atoms with Crippen LogP contribution in [0.4, 0.5) is 0 Å². The number of nitrogens with zero attached hydrogens (tertiary/aromatic N) is 2. The molecule has 76 valence electrons. The summed E-state index contributed by atoms with van der Waals surface area (Å²) >= 11 is 11.6. The number of carbonyl (C=O) groups excluding carboxylic acids is 1. The van der Waals surface area contributed by atoms with Gasteiger partial charge in [-0.3, -0.25) is 4.79 Å². The largest absolute Gasteiger partial charge is 0.469 e. The van der Waals surface area contributed by atoms with E-state index in [-0.39, 0.29) is 10.3 Å². The first-order valence-electron chi connectivity index (χ1n) is 3.81. The standard InChI is InChI=1S/C8H8Cl2N2O2/c1-4(8(13)14-2)5-6(9)11-3-12-7(5)10/h3-4H,1-2H3/t4-/m1/s1. The monoisotopic (exact) mass is 234 g/mol. The Morgan fingerprint density at radius 1 is 1.43 bits per heavy atom. The van der Waals surface area contributed by atoms with E-state index >= 15 is 0 Å². The quantitative estimate of drug-likeness (QED) is 0.581. The number of hydrogen-bond donors (Lipinski definition) is 0. The van der Waals surface area contributed by atoms with Gasteiger partial charge < -0.3 is 4.74 Å². The lowest BCUT2D eigenvalue weighted by Crippen LogP contribution is -2.12. The molecule has 0 saturated heterocycles. The van der Waals surface area contributed by atoms with Crippen LogP contribution in [0.1, 0.15) is 18.4 Å². The molecule has 0 N–H and O–H groups in total. The zero-order valence-corrected chi connectivity index (χ0v) is 9.13. The topological polar surface area (TPSA) is 52.1 Å². The molecule has 0 saturated carbocycles. The minimum atomic E-state index is -0.568. The average molecular weight is 235 g/mol. The number of methoxy groups -OCH3 is 1. The van der Waals surface area contributed by atoms with Crippen LogP contribution in [0.3, 0.4) is 0 Å². The van der Waals surface area contributed by atoms with Gasteiger partial charge in [0.25, 0.3) is 0 Å². The molecule has 0 aliphatic carbocycles. The van der Waals surface area contributed by atoms with Gasteiger partial charge in [0.1, 0.15) is 16.6 Å². The van der Waals surface area contributed by atoms with Crippen LogP contribution < -0.4 is 0 Å². The number of aromatic nitrogens is 2. The minimum absolute atomic E-state index is 0.169. The van der Waals surface area contributed by atoms with Gasteiger partial charge >= 0.3 is 5.97 Å². The van der Waals surface area contributed by atoms with Crippen molar-refractivity contribution in [1.29, 1.82) is 0 Å². The van der Waals surface area contributed by atoms with Crippen molar-refractivity contribution in [2.75, 3.05) is 7.11 Å². The maximum atomic E-state index is 11.2. The number of rotatable bonds is 2. The summed E-state index contributed by atoms with van der Waals surface area (Å²) in [6, 6.07) is 0. The number of esters is 1. The van der Waals surface area contributed by atoms with Crippen LogP contribution in [0.25, 0.3) is 0 Å². The van der Waals surface area contributed by atoms with Crippen LogP contribution in [-0.2, 0) is 9.53 Å². The molecule has 0 amide bonds. The summed E-state index contributed by atoms with van der Waals surface area (Å²) < 4.78 is 4.56. The lowest BCUT2D eigenvalue weighted by atomic mass is 10.1. The van der Waals surface area contributed by atoms with Gasteiger partial charge in [-0.15, -0.1) is 0 Å². The normalized spacial score (nSPS) is 12.3. The van der Waals surface area contributed by atoms with E-state index in [1.54, 1.807) is 6.92 Å². The Morgan fingerprint density at radius 3 is 2.36 bits per heavy atom. The van der Waals surface area contributed by atoms with Gasteiger partial charge in [0.05, 0.1) is 13.0 Å². The fraction of sp³-hybridized carbons (Fsp3) is 0.375. The molecule has 0 radical (unpaired) electrons. The zero-order valence-electron chi connectivity index (χ0n) is 7.62. The fourth-order valence-electron chi connectivity index (χ4n) is 1.01. The zero-order chi connectivity index (χ0) is 10.7. The van der Waals surface area contributed by atoms with Crippen molar-refractivity contribution in [2.24, 2.45) is 0 Å². The lowest BCUT2D eigenvalue weighted by Gasteiger charge is -2.10. The number of hydrogen-bond acceptors (Lipinski definition) is 4. The van der Waals surface area contributed by atoms with E-state index in [0.717, 1.165) is 0 Å². The molecule has 14 heavy (non-hydrogen) atoms. The molecule has 0 fully saturated rings. The second-order valence-corrected chi connectivity index (χ2v) is 3.33. The highest BCUT2D eigenvalue weighted by Gasteiger charge is 2.22. The predicted octanol–water partition coefficient (Wildman–Crippen LogP) is 2.06. The van der Waals surface area contributed by atoms with Crippen molar-refractivity contribution in [1.82, 2.24) is 9.97 Å². The first-order chi connectivity index (χ1) is 6.57. The summed E-state index contributed by atoms with van der Waals surface area (Å²) in [6.45, 7) is 1.63. The lowest BCUT2D eigenvalue weighted by molar-refractivity contribution is -0.142. The molecule has 1 rings (SSSR count). The molecule has 0 bridgehead atoms. The van der Waals surface area contributed by atoms with Gasteiger partial charge in [0, 0.05) is 5.56 Å². The van der Waals surface area contributed by atoms with Crippen LogP contribution in [0.2, 0.25) is 10.3 Å². The molecule has 4 nitrogen and oxygen atoms in total. The molecule has 0 unspecified atom stereocenters. The average Bonchev–Trinajstić information content (AvgIpc) is 2.16. The van der Waals surface area contributed by atoms with E-state index < -0.39 is 11.9 Å². The van der Waals surface area contributed by atoms with Crippen molar-refractivity contribution >= 4 is 29.2 Å².